The van der Waals surface area contributed by atoms with E-state index in [1.165, 1.54) is 0 Å². The maximum atomic E-state index is 9.96. The molecule has 0 aliphatic heterocycles. The van der Waals surface area contributed by atoms with Crippen LogP contribution < -0.4 is 10.1 Å². The van der Waals surface area contributed by atoms with Gasteiger partial charge in [-0.15, -0.1) is 0 Å². The molecule has 0 bridgehead atoms. The standard InChI is InChI=1S/C14H20BrNO2/c1-16-9-10-8-11(15)6-7-13(10)18-14-5-3-2-4-12(14)17/h6-8,12,14,16-17H,2-5,9H2,1H3. The van der Waals surface area contributed by atoms with Crippen molar-refractivity contribution in [2.24, 2.45) is 0 Å². The second-order valence-electron chi connectivity index (χ2n) is 4.79. The molecule has 100 valence electrons. The van der Waals surface area contributed by atoms with Gasteiger partial charge >= 0.3 is 0 Å². The second-order valence-corrected chi connectivity index (χ2v) is 5.71. The lowest BCUT2D eigenvalue weighted by Gasteiger charge is -2.29. The maximum Gasteiger partial charge on any atom is 0.124 e. The molecule has 2 atom stereocenters. The molecule has 3 nitrogen and oxygen atoms in total. The van der Waals surface area contributed by atoms with Gasteiger partial charge in [0.05, 0.1) is 6.10 Å². The Bertz CT molecular complexity index is 397. The lowest BCUT2D eigenvalue weighted by molar-refractivity contribution is 0.00636. The van der Waals surface area contributed by atoms with Gasteiger partial charge in [0, 0.05) is 16.6 Å². The van der Waals surface area contributed by atoms with Crippen molar-refractivity contribution in [1.29, 1.82) is 0 Å². The van der Waals surface area contributed by atoms with E-state index < -0.39 is 0 Å². The summed E-state index contributed by atoms with van der Waals surface area (Å²) in [4.78, 5) is 0. The number of benzene rings is 1. The lowest BCUT2D eigenvalue weighted by atomic mass is 9.95. The summed E-state index contributed by atoms with van der Waals surface area (Å²) in [5, 5.41) is 13.1. The second kappa shape index (κ2) is 6.55. The molecular formula is C14H20BrNO2. The normalized spacial score (nSPS) is 23.9. The first-order valence-corrected chi connectivity index (χ1v) is 7.27. The summed E-state index contributed by atoms with van der Waals surface area (Å²) in [6.45, 7) is 0.761. The summed E-state index contributed by atoms with van der Waals surface area (Å²) in [5.41, 5.74) is 1.12. The average molecular weight is 314 g/mol. The van der Waals surface area contributed by atoms with Gasteiger partial charge in [-0.25, -0.2) is 0 Å². The molecule has 1 aliphatic rings. The molecule has 1 aromatic rings. The van der Waals surface area contributed by atoms with Crippen LogP contribution in [0.4, 0.5) is 0 Å². The fraction of sp³-hybridized carbons (Fsp3) is 0.571. The molecule has 18 heavy (non-hydrogen) atoms. The van der Waals surface area contributed by atoms with Gasteiger partial charge in [0.2, 0.25) is 0 Å². The fourth-order valence-electron chi connectivity index (χ4n) is 2.37. The maximum absolute atomic E-state index is 9.96. The Morgan fingerprint density at radius 2 is 2.17 bits per heavy atom. The van der Waals surface area contributed by atoms with Crippen LogP contribution in [0.2, 0.25) is 0 Å². The summed E-state index contributed by atoms with van der Waals surface area (Å²) < 4.78 is 7.04. The van der Waals surface area contributed by atoms with Crippen molar-refractivity contribution in [3.8, 4) is 5.75 Å². The summed E-state index contributed by atoms with van der Waals surface area (Å²) in [5.74, 6) is 0.874. The Balaban J connectivity index is 2.11. The monoisotopic (exact) mass is 313 g/mol. The lowest BCUT2D eigenvalue weighted by Crippen LogP contribution is -2.35. The number of aliphatic hydroxyl groups is 1. The van der Waals surface area contributed by atoms with E-state index >= 15 is 0 Å². The highest BCUT2D eigenvalue weighted by Crippen LogP contribution is 2.28. The van der Waals surface area contributed by atoms with Crippen molar-refractivity contribution < 1.29 is 9.84 Å². The third-order valence-electron chi connectivity index (χ3n) is 3.34. The van der Waals surface area contributed by atoms with Gasteiger partial charge in [0.15, 0.2) is 0 Å². The van der Waals surface area contributed by atoms with E-state index in [2.05, 4.69) is 27.3 Å². The number of aliphatic hydroxyl groups excluding tert-OH is 1. The predicted molar refractivity (Wildman–Crippen MR) is 75.8 cm³/mol. The van der Waals surface area contributed by atoms with Crippen molar-refractivity contribution in [3.05, 3.63) is 28.2 Å². The van der Waals surface area contributed by atoms with E-state index in [1.54, 1.807) is 0 Å². The van der Waals surface area contributed by atoms with Crippen molar-refractivity contribution in [2.45, 2.75) is 44.4 Å². The van der Waals surface area contributed by atoms with Crippen LogP contribution in [0.25, 0.3) is 0 Å². The van der Waals surface area contributed by atoms with Gasteiger partial charge in [0.1, 0.15) is 11.9 Å². The van der Waals surface area contributed by atoms with Crippen LogP contribution >= 0.6 is 15.9 Å². The molecule has 2 unspecified atom stereocenters. The van der Waals surface area contributed by atoms with Crippen LogP contribution in [-0.2, 0) is 6.54 Å². The van der Waals surface area contributed by atoms with E-state index in [0.717, 1.165) is 48.0 Å². The molecule has 1 fully saturated rings. The quantitative estimate of drug-likeness (QED) is 0.898. The minimum Gasteiger partial charge on any atom is -0.487 e. The summed E-state index contributed by atoms with van der Waals surface area (Å²) in [6.07, 6.45) is 3.64. The number of hydrogen-bond acceptors (Lipinski definition) is 3. The average Bonchev–Trinajstić information content (AvgIpc) is 2.35. The molecule has 0 amide bonds. The highest BCUT2D eigenvalue weighted by Gasteiger charge is 2.25. The minimum absolute atomic E-state index is 0.0597. The molecule has 1 saturated carbocycles. The molecule has 1 aliphatic carbocycles. The molecule has 2 N–H and O–H groups in total. The SMILES string of the molecule is CNCc1cc(Br)ccc1OC1CCCCC1O. The van der Waals surface area contributed by atoms with E-state index in [0.29, 0.717) is 0 Å². The van der Waals surface area contributed by atoms with Crippen molar-refractivity contribution in [1.82, 2.24) is 5.32 Å². The third-order valence-corrected chi connectivity index (χ3v) is 3.83. The van der Waals surface area contributed by atoms with E-state index in [1.807, 2.05) is 19.2 Å². The summed E-state index contributed by atoms with van der Waals surface area (Å²) >= 11 is 3.47. The van der Waals surface area contributed by atoms with Gasteiger partial charge in [-0.1, -0.05) is 22.4 Å². The van der Waals surface area contributed by atoms with Gasteiger partial charge in [-0.3, -0.25) is 0 Å². The van der Waals surface area contributed by atoms with Gasteiger partial charge < -0.3 is 15.2 Å². The van der Waals surface area contributed by atoms with Crippen molar-refractivity contribution >= 4 is 15.9 Å². The van der Waals surface area contributed by atoms with Crippen LogP contribution in [0.1, 0.15) is 31.2 Å². The first-order valence-electron chi connectivity index (χ1n) is 6.48. The van der Waals surface area contributed by atoms with Crippen LogP contribution in [-0.4, -0.2) is 24.4 Å². The predicted octanol–water partition coefficient (Wildman–Crippen LogP) is 2.85. The third kappa shape index (κ3) is 3.46. The summed E-state index contributed by atoms with van der Waals surface area (Å²) in [6, 6.07) is 6.00. The van der Waals surface area contributed by atoms with Crippen LogP contribution in [0.5, 0.6) is 5.75 Å². The Morgan fingerprint density at radius 3 is 2.89 bits per heavy atom. The van der Waals surface area contributed by atoms with Gasteiger partial charge in [-0.05, 0) is 44.5 Å². The Labute approximate surface area is 117 Å². The molecule has 1 aromatic carbocycles. The van der Waals surface area contributed by atoms with E-state index in [9.17, 15) is 5.11 Å². The largest absolute Gasteiger partial charge is 0.487 e. The topological polar surface area (TPSA) is 41.5 Å². The highest BCUT2D eigenvalue weighted by atomic mass is 79.9. The molecule has 0 aromatic heterocycles. The zero-order valence-electron chi connectivity index (χ0n) is 10.7. The number of ether oxygens (including phenoxy) is 1. The van der Waals surface area contributed by atoms with Crippen LogP contribution in [0, 0.1) is 0 Å². The molecule has 0 spiro atoms. The summed E-state index contributed by atoms with van der Waals surface area (Å²) in [7, 11) is 1.92. The fourth-order valence-corrected chi connectivity index (χ4v) is 2.78. The van der Waals surface area contributed by atoms with E-state index in [-0.39, 0.29) is 12.2 Å². The molecule has 4 heteroatoms. The number of halogens is 1. The van der Waals surface area contributed by atoms with Crippen LogP contribution in [0.3, 0.4) is 0 Å². The van der Waals surface area contributed by atoms with Crippen molar-refractivity contribution in [3.63, 3.8) is 0 Å². The van der Waals surface area contributed by atoms with Gasteiger partial charge in [0.25, 0.3) is 0 Å². The zero-order valence-corrected chi connectivity index (χ0v) is 12.2. The number of hydrogen-bond donors (Lipinski definition) is 2. The molecule has 0 radical (unpaired) electrons. The Kier molecular flexibility index (Phi) is 5.03. The smallest absolute Gasteiger partial charge is 0.124 e. The molecular weight excluding hydrogens is 294 g/mol. The first-order chi connectivity index (χ1) is 8.70. The molecule has 0 heterocycles. The van der Waals surface area contributed by atoms with Crippen molar-refractivity contribution in [2.75, 3.05) is 7.05 Å². The van der Waals surface area contributed by atoms with E-state index in [4.69, 9.17) is 4.74 Å². The Morgan fingerprint density at radius 1 is 1.39 bits per heavy atom. The Hall–Kier alpha value is -0.580. The van der Waals surface area contributed by atoms with Crippen LogP contribution in [0.15, 0.2) is 22.7 Å². The number of rotatable bonds is 4. The molecule has 2 rings (SSSR count). The first kappa shape index (κ1) is 13.8. The molecule has 0 saturated heterocycles. The minimum atomic E-state index is -0.329. The van der Waals surface area contributed by atoms with Gasteiger partial charge in [-0.2, -0.15) is 0 Å². The highest BCUT2D eigenvalue weighted by molar-refractivity contribution is 9.10. The zero-order chi connectivity index (χ0) is 13.0. The number of nitrogens with one attached hydrogen (secondary N) is 1.